The van der Waals surface area contributed by atoms with Crippen LogP contribution in [0.4, 0.5) is 0 Å². The predicted molar refractivity (Wildman–Crippen MR) is 256 cm³/mol. The molecule has 0 N–H and O–H groups in total. The summed E-state index contributed by atoms with van der Waals surface area (Å²) in [6.45, 7) is 6.46. The van der Waals surface area contributed by atoms with Gasteiger partial charge in [-0.05, 0) is 83.5 Å². The van der Waals surface area contributed by atoms with Crippen molar-refractivity contribution in [1.29, 1.82) is 0 Å². The number of rotatable bonds is 45. The summed E-state index contributed by atoms with van der Waals surface area (Å²) in [5, 5.41) is 0. The van der Waals surface area contributed by atoms with Crippen LogP contribution < -0.4 is 0 Å². The van der Waals surface area contributed by atoms with E-state index >= 15 is 0 Å². The first-order valence-corrected chi connectivity index (χ1v) is 25.3. The first-order chi connectivity index (χ1) is 29.5. The van der Waals surface area contributed by atoms with Crippen molar-refractivity contribution in [2.75, 3.05) is 13.2 Å². The van der Waals surface area contributed by atoms with E-state index in [4.69, 9.17) is 14.2 Å². The summed E-state index contributed by atoms with van der Waals surface area (Å²) < 4.78 is 16.7. The van der Waals surface area contributed by atoms with Gasteiger partial charge in [0.1, 0.15) is 13.2 Å². The maximum absolute atomic E-state index is 12.8. The van der Waals surface area contributed by atoms with Crippen molar-refractivity contribution in [2.45, 2.75) is 252 Å². The van der Waals surface area contributed by atoms with E-state index in [0.29, 0.717) is 19.3 Å². The van der Waals surface area contributed by atoms with Crippen molar-refractivity contribution in [3.05, 3.63) is 60.8 Å². The lowest BCUT2D eigenvalue weighted by Crippen LogP contribution is -2.30. The Hall–Kier alpha value is -2.89. The first kappa shape index (κ1) is 57.1. The number of ether oxygens (including phenoxy) is 3. The molecule has 0 aromatic heterocycles. The summed E-state index contributed by atoms with van der Waals surface area (Å²) in [6.07, 6.45) is 59.3. The largest absolute Gasteiger partial charge is 0.462 e. The van der Waals surface area contributed by atoms with Crippen molar-refractivity contribution in [3.63, 3.8) is 0 Å². The van der Waals surface area contributed by atoms with Crippen LogP contribution in [0.25, 0.3) is 0 Å². The third-order valence-electron chi connectivity index (χ3n) is 10.8. The minimum Gasteiger partial charge on any atom is -0.462 e. The van der Waals surface area contributed by atoms with E-state index in [1.54, 1.807) is 0 Å². The van der Waals surface area contributed by atoms with Gasteiger partial charge in [0.15, 0.2) is 6.10 Å². The smallest absolute Gasteiger partial charge is 0.306 e. The van der Waals surface area contributed by atoms with Crippen LogP contribution in [0.15, 0.2) is 60.8 Å². The molecule has 0 rings (SSSR count). The number of allylic oxidation sites excluding steroid dienone is 10. The second kappa shape index (κ2) is 48.8. The zero-order valence-electron chi connectivity index (χ0n) is 39.5. The molecular formula is C54H94O6. The molecule has 0 saturated carbocycles. The van der Waals surface area contributed by atoms with Gasteiger partial charge in [0.2, 0.25) is 0 Å². The van der Waals surface area contributed by atoms with E-state index in [2.05, 4.69) is 81.5 Å². The molecule has 6 heteroatoms. The highest BCUT2D eigenvalue weighted by atomic mass is 16.6. The molecule has 346 valence electrons. The van der Waals surface area contributed by atoms with Gasteiger partial charge in [-0.1, -0.05) is 204 Å². The maximum Gasteiger partial charge on any atom is 0.306 e. The summed E-state index contributed by atoms with van der Waals surface area (Å²) in [7, 11) is 0. The Kier molecular flexibility index (Phi) is 46.4. The van der Waals surface area contributed by atoms with E-state index in [-0.39, 0.29) is 31.1 Å². The summed E-state index contributed by atoms with van der Waals surface area (Å²) in [6, 6.07) is 0. The molecule has 0 aliphatic rings. The van der Waals surface area contributed by atoms with Gasteiger partial charge in [0.25, 0.3) is 0 Å². The topological polar surface area (TPSA) is 78.9 Å². The molecule has 0 fully saturated rings. The van der Waals surface area contributed by atoms with Crippen LogP contribution >= 0.6 is 0 Å². The molecular weight excluding hydrogens is 745 g/mol. The van der Waals surface area contributed by atoms with Crippen LogP contribution in [0.1, 0.15) is 245 Å². The third kappa shape index (κ3) is 46.2. The monoisotopic (exact) mass is 839 g/mol. The first-order valence-electron chi connectivity index (χ1n) is 25.3. The fourth-order valence-corrected chi connectivity index (χ4v) is 6.96. The van der Waals surface area contributed by atoms with E-state index in [9.17, 15) is 14.4 Å². The second-order valence-electron chi connectivity index (χ2n) is 16.7. The number of esters is 3. The van der Waals surface area contributed by atoms with Crippen LogP contribution in [0.3, 0.4) is 0 Å². The molecule has 0 saturated heterocycles. The van der Waals surface area contributed by atoms with Crippen molar-refractivity contribution < 1.29 is 28.6 Å². The van der Waals surface area contributed by atoms with Gasteiger partial charge in [-0.25, -0.2) is 0 Å². The van der Waals surface area contributed by atoms with Crippen molar-refractivity contribution >= 4 is 17.9 Å². The molecule has 0 heterocycles. The third-order valence-corrected chi connectivity index (χ3v) is 10.8. The predicted octanol–water partition coefficient (Wildman–Crippen LogP) is 16.5. The molecule has 60 heavy (non-hydrogen) atoms. The highest BCUT2D eigenvalue weighted by Crippen LogP contribution is 2.14. The van der Waals surface area contributed by atoms with Crippen LogP contribution in [0.5, 0.6) is 0 Å². The number of carbonyl (C=O) groups is 3. The van der Waals surface area contributed by atoms with Crippen LogP contribution in [-0.4, -0.2) is 37.2 Å². The molecule has 0 aromatic rings. The Morgan fingerprint density at radius 3 is 1.03 bits per heavy atom. The van der Waals surface area contributed by atoms with Gasteiger partial charge < -0.3 is 14.2 Å². The molecule has 6 nitrogen and oxygen atoms in total. The lowest BCUT2D eigenvalue weighted by Gasteiger charge is -2.18. The lowest BCUT2D eigenvalue weighted by atomic mass is 10.1. The summed E-state index contributed by atoms with van der Waals surface area (Å²) in [5.41, 5.74) is 0. The highest BCUT2D eigenvalue weighted by Gasteiger charge is 2.19. The zero-order chi connectivity index (χ0) is 43.7. The molecule has 0 aromatic carbocycles. The van der Waals surface area contributed by atoms with Gasteiger partial charge in [0.05, 0.1) is 0 Å². The van der Waals surface area contributed by atoms with Gasteiger partial charge in [-0.3, -0.25) is 14.4 Å². The van der Waals surface area contributed by atoms with Gasteiger partial charge >= 0.3 is 17.9 Å². The van der Waals surface area contributed by atoms with Gasteiger partial charge in [-0.15, -0.1) is 0 Å². The number of hydrogen-bond acceptors (Lipinski definition) is 6. The highest BCUT2D eigenvalue weighted by molar-refractivity contribution is 5.71. The molecule has 0 aliphatic heterocycles. The quantitative estimate of drug-likeness (QED) is 0.0263. The summed E-state index contributed by atoms with van der Waals surface area (Å²) in [5.74, 6) is -0.902. The van der Waals surface area contributed by atoms with Crippen molar-refractivity contribution in [3.8, 4) is 0 Å². The van der Waals surface area contributed by atoms with Crippen molar-refractivity contribution in [1.82, 2.24) is 0 Å². The Morgan fingerprint density at radius 2 is 0.650 bits per heavy atom. The average Bonchev–Trinajstić information content (AvgIpc) is 3.24. The second-order valence-corrected chi connectivity index (χ2v) is 16.7. The summed E-state index contributed by atoms with van der Waals surface area (Å²) >= 11 is 0. The Balaban J connectivity index is 4.29. The van der Waals surface area contributed by atoms with Gasteiger partial charge in [-0.2, -0.15) is 0 Å². The fourth-order valence-electron chi connectivity index (χ4n) is 6.96. The van der Waals surface area contributed by atoms with Gasteiger partial charge in [0, 0.05) is 19.3 Å². The number of hydrogen-bond donors (Lipinski definition) is 0. The molecule has 0 spiro atoms. The Morgan fingerprint density at radius 1 is 0.350 bits per heavy atom. The molecule has 0 radical (unpaired) electrons. The maximum atomic E-state index is 12.8. The molecule has 1 atom stereocenters. The average molecular weight is 839 g/mol. The van der Waals surface area contributed by atoms with E-state index < -0.39 is 6.10 Å². The van der Waals surface area contributed by atoms with Crippen molar-refractivity contribution in [2.24, 2.45) is 0 Å². The number of carbonyl (C=O) groups excluding carboxylic acids is 3. The standard InChI is InChI=1S/C54H94O6/c1-4-7-10-13-16-18-20-22-24-26-28-29-31-33-35-38-41-44-47-53(56)59-50-51(49-58-52(55)46-43-40-37-15-12-9-6-3)60-54(57)48-45-42-39-36-34-32-30-27-25-23-21-19-17-14-11-8-5-2/h8,11,17-20,23-26,51H,4-7,9-10,12-16,21-22,27-50H2,1-3H3/b11-8-,19-17-,20-18-,25-23-,26-24-. The minimum atomic E-state index is -0.779. The van der Waals surface area contributed by atoms with Crippen LogP contribution in [-0.2, 0) is 28.6 Å². The van der Waals surface area contributed by atoms with E-state index in [1.165, 1.54) is 109 Å². The molecule has 1 unspecified atom stereocenters. The molecule has 0 aliphatic carbocycles. The fraction of sp³-hybridized carbons (Fsp3) is 0.759. The molecule has 0 amide bonds. The minimum absolute atomic E-state index is 0.0804. The Bertz CT molecular complexity index is 1100. The van der Waals surface area contributed by atoms with E-state index in [1.807, 2.05) is 0 Å². The Labute approximate surface area is 370 Å². The lowest BCUT2D eigenvalue weighted by molar-refractivity contribution is -0.167. The van der Waals surface area contributed by atoms with E-state index in [0.717, 1.165) is 96.3 Å². The summed E-state index contributed by atoms with van der Waals surface area (Å²) in [4.78, 5) is 37.8. The number of unbranched alkanes of at least 4 members (excludes halogenated alkanes) is 24. The molecule has 0 bridgehead atoms. The van der Waals surface area contributed by atoms with Crippen LogP contribution in [0.2, 0.25) is 0 Å². The van der Waals surface area contributed by atoms with Crippen LogP contribution in [0, 0.1) is 0 Å². The zero-order valence-corrected chi connectivity index (χ0v) is 39.5. The normalized spacial score (nSPS) is 12.5. The SMILES string of the molecule is CC/C=C\C/C=C\C/C=C\CCCCCCCCCC(=O)OC(COC(=O)CCCCCCCCC)COC(=O)CCCCCCCCC/C=C\C/C=C\CCCCCC.